The fourth-order valence-electron chi connectivity index (χ4n) is 1.49. The van der Waals surface area contributed by atoms with Crippen LogP contribution < -0.4 is 0 Å². The summed E-state index contributed by atoms with van der Waals surface area (Å²) < 4.78 is 18.0. The molecule has 0 spiro atoms. The molecular weight excluding hydrogens is 195 g/mol. The molecule has 0 radical (unpaired) electrons. The third-order valence-corrected chi connectivity index (χ3v) is 2.23. The number of halogens is 1. The maximum absolute atomic E-state index is 12.9. The van der Waals surface area contributed by atoms with E-state index in [9.17, 15) is 9.18 Å². The van der Waals surface area contributed by atoms with Gasteiger partial charge in [0.15, 0.2) is 5.78 Å². The maximum atomic E-state index is 12.9. The molecule has 0 amide bonds. The van der Waals surface area contributed by atoms with Crippen LogP contribution in [0.3, 0.4) is 0 Å². The molecule has 0 saturated heterocycles. The van der Waals surface area contributed by atoms with E-state index in [0.717, 1.165) is 0 Å². The monoisotopic (exact) mass is 210 g/mol. The molecular formula is C12H15FO2. The lowest BCUT2D eigenvalue weighted by Gasteiger charge is -2.17. The van der Waals surface area contributed by atoms with Gasteiger partial charge in [-0.25, -0.2) is 4.39 Å². The summed E-state index contributed by atoms with van der Waals surface area (Å²) in [6.07, 6.45) is -0.508. The summed E-state index contributed by atoms with van der Waals surface area (Å²) in [5.74, 6) is -0.503. The molecule has 1 aromatic rings. The van der Waals surface area contributed by atoms with Gasteiger partial charge in [-0.05, 0) is 18.1 Å². The minimum atomic E-state index is -0.508. The molecule has 1 atom stereocenters. The molecule has 1 aromatic carbocycles. The number of Topliss-reactive ketones (excluding diaryl/α,β-unsaturated/α-hetero) is 1. The highest BCUT2D eigenvalue weighted by molar-refractivity contribution is 5.99. The van der Waals surface area contributed by atoms with Crippen molar-refractivity contribution in [2.75, 3.05) is 7.11 Å². The Labute approximate surface area is 89.1 Å². The highest BCUT2D eigenvalue weighted by Crippen LogP contribution is 2.14. The quantitative estimate of drug-likeness (QED) is 0.714. The average Bonchev–Trinajstić information content (AvgIpc) is 2.18. The van der Waals surface area contributed by atoms with Crippen molar-refractivity contribution in [3.63, 3.8) is 0 Å². The van der Waals surface area contributed by atoms with Gasteiger partial charge in [-0.2, -0.15) is 0 Å². The zero-order valence-corrected chi connectivity index (χ0v) is 9.16. The Morgan fingerprint density at radius 1 is 1.40 bits per heavy atom. The largest absolute Gasteiger partial charge is 0.373 e. The lowest BCUT2D eigenvalue weighted by atomic mass is 9.97. The lowest BCUT2D eigenvalue weighted by molar-refractivity contribution is 0.0458. The summed E-state index contributed by atoms with van der Waals surface area (Å²) in [7, 11) is 1.49. The van der Waals surface area contributed by atoms with Gasteiger partial charge in [0.05, 0.1) is 0 Å². The van der Waals surface area contributed by atoms with Crippen molar-refractivity contribution < 1.29 is 13.9 Å². The molecule has 0 fully saturated rings. The van der Waals surface area contributed by atoms with Gasteiger partial charge < -0.3 is 4.74 Å². The Kier molecular flexibility index (Phi) is 3.97. The Morgan fingerprint density at radius 2 is 2.07 bits per heavy atom. The minimum absolute atomic E-state index is 0.0748. The van der Waals surface area contributed by atoms with Gasteiger partial charge in [-0.1, -0.05) is 26.0 Å². The molecule has 3 heteroatoms. The predicted octanol–water partition coefficient (Wildman–Crippen LogP) is 2.68. The molecule has 0 aliphatic heterocycles. The van der Waals surface area contributed by atoms with Crippen LogP contribution in [0, 0.1) is 11.7 Å². The van der Waals surface area contributed by atoms with E-state index in [1.54, 1.807) is 6.07 Å². The highest BCUT2D eigenvalue weighted by atomic mass is 19.1. The number of rotatable bonds is 4. The van der Waals surface area contributed by atoms with Crippen LogP contribution in [-0.2, 0) is 4.74 Å². The van der Waals surface area contributed by atoms with Crippen molar-refractivity contribution in [1.82, 2.24) is 0 Å². The van der Waals surface area contributed by atoms with E-state index < -0.39 is 11.9 Å². The third-order valence-electron chi connectivity index (χ3n) is 2.23. The third kappa shape index (κ3) is 2.86. The van der Waals surface area contributed by atoms with Crippen molar-refractivity contribution in [2.45, 2.75) is 20.0 Å². The van der Waals surface area contributed by atoms with Crippen molar-refractivity contribution in [2.24, 2.45) is 5.92 Å². The maximum Gasteiger partial charge on any atom is 0.191 e. The summed E-state index contributed by atoms with van der Waals surface area (Å²) in [6.45, 7) is 3.79. The van der Waals surface area contributed by atoms with Gasteiger partial charge in [0.2, 0.25) is 0 Å². The van der Waals surface area contributed by atoms with Crippen molar-refractivity contribution in [3.8, 4) is 0 Å². The van der Waals surface area contributed by atoms with Crippen molar-refractivity contribution in [3.05, 3.63) is 35.6 Å². The first-order valence-electron chi connectivity index (χ1n) is 4.89. The van der Waals surface area contributed by atoms with Crippen LogP contribution in [-0.4, -0.2) is 19.0 Å². The predicted molar refractivity (Wildman–Crippen MR) is 56.4 cm³/mol. The molecule has 15 heavy (non-hydrogen) atoms. The molecule has 0 bridgehead atoms. The number of carbonyl (C=O) groups is 1. The zero-order chi connectivity index (χ0) is 11.4. The first-order valence-corrected chi connectivity index (χ1v) is 4.89. The molecule has 2 nitrogen and oxygen atoms in total. The van der Waals surface area contributed by atoms with Gasteiger partial charge in [0.1, 0.15) is 11.9 Å². The van der Waals surface area contributed by atoms with Gasteiger partial charge in [0, 0.05) is 12.7 Å². The molecule has 0 aliphatic carbocycles. The van der Waals surface area contributed by atoms with Crippen LogP contribution >= 0.6 is 0 Å². The molecule has 0 heterocycles. The first kappa shape index (κ1) is 11.9. The normalized spacial score (nSPS) is 12.9. The molecule has 0 aromatic heterocycles. The van der Waals surface area contributed by atoms with Crippen LogP contribution in [0.25, 0.3) is 0 Å². The number of benzene rings is 1. The van der Waals surface area contributed by atoms with Crippen LogP contribution in [0.2, 0.25) is 0 Å². The van der Waals surface area contributed by atoms with E-state index in [4.69, 9.17) is 4.74 Å². The fourth-order valence-corrected chi connectivity index (χ4v) is 1.49. The zero-order valence-electron chi connectivity index (χ0n) is 9.16. The Hall–Kier alpha value is -1.22. The molecule has 1 unspecified atom stereocenters. The second-order valence-corrected chi connectivity index (χ2v) is 3.77. The van der Waals surface area contributed by atoms with E-state index >= 15 is 0 Å². The van der Waals surface area contributed by atoms with E-state index in [1.165, 1.54) is 25.3 Å². The van der Waals surface area contributed by atoms with Gasteiger partial charge in [0.25, 0.3) is 0 Å². The Bertz CT molecular complexity index is 347. The number of carbonyl (C=O) groups excluding carboxylic acids is 1. The second kappa shape index (κ2) is 5.03. The van der Waals surface area contributed by atoms with E-state index in [-0.39, 0.29) is 11.7 Å². The van der Waals surface area contributed by atoms with Crippen LogP contribution in [0.1, 0.15) is 24.2 Å². The number of ketones is 1. The summed E-state index contributed by atoms with van der Waals surface area (Å²) in [5.41, 5.74) is 0.357. The smallest absolute Gasteiger partial charge is 0.191 e. The topological polar surface area (TPSA) is 26.3 Å². The van der Waals surface area contributed by atoms with Crippen LogP contribution in [0.15, 0.2) is 24.3 Å². The van der Waals surface area contributed by atoms with E-state index in [0.29, 0.717) is 5.56 Å². The number of methoxy groups -OCH3 is 1. The fraction of sp³-hybridized carbons (Fsp3) is 0.417. The van der Waals surface area contributed by atoms with Gasteiger partial charge >= 0.3 is 0 Å². The molecule has 0 saturated carbocycles. The summed E-state index contributed by atoms with van der Waals surface area (Å²) in [5, 5.41) is 0. The number of hydrogen-bond donors (Lipinski definition) is 0. The van der Waals surface area contributed by atoms with Crippen molar-refractivity contribution in [1.29, 1.82) is 0 Å². The highest BCUT2D eigenvalue weighted by Gasteiger charge is 2.22. The van der Waals surface area contributed by atoms with Crippen LogP contribution in [0.4, 0.5) is 4.39 Å². The first-order chi connectivity index (χ1) is 7.06. The van der Waals surface area contributed by atoms with E-state index in [2.05, 4.69) is 0 Å². The lowest BCUT2D eigenvalue weighted by Crippen LogP contribution is -2.28. The minimum Gasteiger partial charge on any atom is -0.373 e. The number of ether oxygens (including phenoxy) is 1. The van der Waals surface area contributed by atoms with Crippen LogP contribution in [0.5, 0.6) is 0 Å². The van der Waals surface area contributed by atoms with Crippen molar-refractivity contribution >= 4 is 5.78 Å². The Morgan fingerprint density at radius 3 is 2.53 bits per heavy atom. The van der Waals surface area contributed by atoms with Gasteiger partial charge in [-0.3, -0.25) is 4.79 Å². The molecule has 0 aliphatic rings. The summed E-state index contributed by atoms with van der Waals surface area (Å²) in [6, 6.07) is 5.67. The summed E-state index contributed by atoms with van der Waals surface area (Å²) in [4.78, 5) is 11.9. The van der Waals surface area contributed by atoms with Gasteiger partial charge in [-0.15, -0.1) is 0 Å². The SMILES string of the molecule is COC(C(=O)c1cccc(F)c1)C(C)C. The standard InChI is InChI=1S/C12H15FO2/c1-8(2)12(15-3)11(14)9-5-4-6-10(13)7-9/h4-8,12H,1-3H3. The number of hydrogen-bond acceptors (Lipinski definition) is 2. The summed E-state index contributed by atoms with van der Waals surface area (Å²) >= 11 is 0. The molecule has 82 valence electrons. The molecule has 0 N–H and O–H groups in total. The van der Waals surface area contributed by atoms with E-state index in [1.807, 2.05) is 13.8 Å². The average molecular weight is 210 g/mol. The Balaban J connectivity index is 2.93. The second-order valence-electron chi connectivity index (χ2n) is 3.77. The molecule has 1 rings (SSSR count).